The van der Waals surface area contributed by atoms with E-state index in [4.69, 9.17) is 28.4 Å². The van der Waals surface area contributed by atoms with Crippen molar-refractivity contribution in [2.45, 2.75) is 76.4 Å². The Bertz CT molecular complexity index is 2770. The fourth-order valence-corrected chi connectivity index (χ4v) is 9.49. The van der Waals surface area contributed by atoms with E-state index in [0.717, 1.165) is 41.8 Å². The maximum absolute atomic E-state index is 14.8. The average Bonchev–Trinajstić information content (AvgIpc) is 4.18. The molecule has 5 atom stereocenters. The van der Waals surface area contributed by atoms with Crippen molar-refractivity contribution in [1.29, 1.82) is 0 Å². The molecule has 0 radical (unpaired) electrons. The first kappa shape index (κ1) is 50.2. The van der Waals surface area contributed by atoms with Crippen molar-refractivity contribution in [3.8, 4) is 17.2 Å². The summed E-state index contributed by atoms with van der Waals surface area (Å²) in [6.45, 7) is 4.56. The lowest BCUT2D eigenvalue weighted by molar-refractivity contribution is -0.167. The zero-order chi connectivity index (χ0) is 51.3. The molecule has 7 heterocycles. The molecule has 0 saturated carbocycles. The lowest BCUT2D eigenvalue weighted by atomic mass is 10.1. The van der Waals surface area contributed by atoms with Crippen molar-refractivity contribution < 1.29 is 66.0 Å². The lowest BCUT2D eigenvalue weighted by Crippen LogP contribution is -2.39. The van der Waals surface area contributed by atoms with E-state index < -0.39 is 30.2 Å². The quantitative estimate of drug-likeness (QED) is 0.0512. The molecule has 4 aromatic rings. The van der Waals surface area contributed by atoms with Crippen LogP contribution < -0.4 is 45.3 Å². The number of fused-ring (bicyclic) bond motifs is 4. The number of aryl methyl sites for hydroxylation is 1. The Morgan fingerprint density at radius 1 is 0.836 bits per heavy atom. The third kappa shape index (κ3) is 11.6. The molecule has 4 N–H and O–H groups in total. The van der Waals surface area contributed by atoms with E-state index in [1.807, 2.05) is 6.92 Å². The number of anilines is 4. The molecule has 24 heteroatoms. The number of carbonyl (C=O) groups excluding carboxylic acids is 6. The minimum Gasteiger partial charge on any atom is -0.480 e. The number of nitrogens with one attached hydrogen (secondary N) is 4. The standard InChI is InChI=1S/C27H30FN5O8.C22H24FN5O4/c1-32(2)25(36)26(39-14-34)40-18-9-16-7-15(8-19(16)20(28)10-18)11-29-6-5-17-12-33(27(37)41-17)22-4-3-21-24(30-22)31-23(35)13-38-21;1-12-15-7-13(8-16(15)17(23)9-25-12)24-6-2-3-14-10-28(22(30)32-14)19-5-4-18-21(26-19)27-20(29)11-31-18/h3-4,9-10,14-15,17,26,29H,5-8,11-13H2,1-2H3,(H,30,31,35);4-5,9,13-14,24H,2-3,6-8,10-11H2,1H3,(H,26,27,29). The Morgan fingerprint density at radius 2 is 1.47 bits per heavy atom. The molecule has 5 unspecified atom stereocenters. The first-order chi connectivity index (χ1) is 35.2. The molecular weight excluding hydrogens is 959 g/mol. The number of nitrogens with zero attached hydrogens (tertiary/aromatic N) is 6. The largest absolute Gasteiger partial charge is 0.480 e. The highest BCUT2D eigenvalue weighted by Crippen LogP contribution is 2.35. The van der Waals surface area contributed by atoms with E-state index in [1.165, 1.54) is 41.1 Å². The van der Waals surface area contributed by atoms with Crippen molar-refractivity contribution >= 4 is 59.7 Å². The SMILES string of the molecule is CN(C)C(=O)C(OC=O)Oc1cc(F)c2c(c1)CC(CNCCC1CN(c3ccc4c(n3)NC(=O)CO4)C(=O)O1)C2.Cc1ncc(F)c2c1CC(NCCCC1CN(c3ccc4c(n3)NC(=O)CO4)C(=O)O1)C2. The smallest absolute Gasteiger partial charge is 0.415 e. The van der Waals surface area contributed by atoms with Crippen LogP contribution in [-0.4, -0.2) is 141 Å². The third-order valence-electron chi connectivity index (χ3n) is 13.1. The molecule has 2 aliphatic carbocycles. The van der Waals surface area contributed by atoms with Crippen LogP contribution in [0.25, 0.3) is 0 Å². The zero-order valence-electron chi connectivity index (χ0n) is 40.2. The molecule has 0 bridgehead atoms. The van der Waals surface area contributed by atoms with E-state index in [-0.39, 0.29) is 73.1 Å². The molecule has 4 aliphatic heterocycles. The van der Waals surface area contributed by atoms with Gasteiger partial charge in [-0.1, -0.05) is 0 Å². The van der Waals surface area contributed by atoms with Crippen LogP contribution in [0.3, 0.4) is 0 Å². The van der Waals surface area contributed by atoms with Crippen LogP contribution in [0.2, 0.25) is 0 Å². The molecule has 386 valence electrons. The summed E-state index contributed by atoms with van der Waals surface area (Å²) in [5.41, 5.74) is 4.05. The number of carbonyl (C=O) groups is 6. The van der Waals surface area contributed by atoms with Gasteiger partial charge in [-0.05, 0) is 130 Å². The number of halogens is 2. The van der Waals surface area contributed by atoms with Crippen molar-refractivity contribution in [3.63, 3.8) is 0 Å². The average molecular weight is 1010 g/mol. The van der Waals surface area contributed by atoms with Gasteiger partial charge in [0.1, 0.15) is 41.2 Å². The summed E-state index contributed by atoms with van der Waals surface area (Å²) in [5.74, 6) is 0.650. The summed E-state index contributed by atoms with van der Waals surface area (Å²) >= 11 is 0. The topological polar surface area (TPSA) is 254 Å². The predicted octanol–water partition coefficient (Wildman–Crippen LogP) is 3.36. The number of benzene rings is 1. The minimum absolute atomic E-state index is 0.0473. The maximum Gasteiger partial charge on any atom is 0.415 e. The van der Waals surface area contributed by atoms with Gasteiger partial charge in [0, 0.05) is 31.9 Å². The second-order valence-electron chi connectivity index (χ2n) is 18.5. The van der Waals surface area contributed by atoms with E-state index in [0.29, 0.717) is 92.8 Å². The Balaban J connectivity index is 0.000000185. The summed E-state index contributed by atoms with van der Waals surface area (Å²) in [7, 11) is 2.98. The van der Waals surface area contributed by atoms with Gasteiger partial charge in [0.15, 0.2) is 36.3 Å². The highest BCUT2D eigenvalue weighted by Gasteiger charge is 2.36. The van der Waals surface area contributed by atoms with Gasteiger partial charge >= 0.3 is 24.4 Å². The van der Waals surface area contributed by atoms with Crippen LogP contribution in [0.15, 0.2) is 42.6 Å². The van der Waals surface area contributed by atoms with Gasteiger partial charge in [0.2, 0.25) is 0 Å². The van der Waals surface area contributed by atoms with Crippen molar-refractivity contribution in [2.75, 3.05) is 80.5 Å². The number of rotatable bonds is 17. The summed E-state index contributed by atoms with van der Waals surface area (Å²) < 4.78 is 60.6. The number of aromatic nitrogens is 3. The molecule has 1 aromatic carbocycles. The summed E-state index contributed by atoms with van der Waals surface area (Å²) in [4.78, 5) is 87.7. The van der Waals surface area contributed by atoms with Crippen LogP contribution in [0.5, 0.6) is 17.2 Å². The molecule has 6 aliphatic rings. The van der Waals surface area contributed by atoms with Crippen molar-refractivity contribution in [3.05, 3.63) is 82.2 Å². The van der Waals surface area contributed by atoms with E-state index in [1.54, 1.807) is 30.3 Å². The van der Waals surface area contributed by atoms with E-state index in [9.17, 15) is 37.5 Å². The minimum atomic E-state index is -1.50. The summed E-state index contributed by atoms with van der Waals surface area (Å²) in [6.07, 6.45) is 2.92. The van der Waals surface area contributed by atoms with Crippen LogP contribution in [0, 0.1) is 24.5 Å². The van der Waals surface area contributed by atoms with Crippen LogP contribution in [-0.2, 0) is 59.1 Å². The Kier molecular flexibility index (Phi) is 15.1. The number of cyclic esters (lactones) is 2. The molecule has 22 nitrogen and oxygen atoms in total. The number of hydrogen-bond acceptors (Lipinski definition) is 17. The fourth-order valence-electron chi connectivity index (χ4n) is 9.49. The molecule has 0 spiro atoms. The molecule has 3 aromatic heterocycles. The van der Waals surface area contributed by atoms with Crippen LogP contribution in [0.1, 0.15) is 47.2 Å². The first-order valence-corrected chi connectivity index (χ1v) is 23.9. The van der Waals surface area contributed by atoms with Gasteiger partial charge in [-0.15, -0.1) is 0 Å². The Hall–Kier alpha value is -7.73. The zero-order valence-corrected chi connectivity index (χ0v) is 40.2. The maximum atomic E-state index is 14.8. The number of ether oxygens (including phenoxy) is 6. The number of hydrogen-bond donors (Lipinski definition) is 4. The predicted molar refractivity (Wildman–Crippen MR) is 254 cm³/mol. The van der Waals surface area contributed by atoms with Crippen LogP contribution >= 0.6 is 0 Å². The second-order valence-corrected chi connectivity index (χ2v) is 18.5. The molecule has 10 rings (SSSR count). The number of pyridine rings is 3. The Labute approximate surface area is 417 Å². The molecular formula is C49H54F2N10O12. The van der Waals surface area contributed by atoms with Gasteiger partial charge in [0.05, 0.1) is 19.3 Å². The lowest BCUT2D eigenvalue weighted by Gasteiger charge is -2.20. The van der Waals surface area contributed by atoms with Gasteiger partial charge in [-0.25, -0.2) is 28.3 Å². The van der Waals surface area contributed by atoms with Crippen molar-refractivity contribution in [2.24, 2.45) is 5.92 Å². The molecule has 2 saturated heterocycles. The van der Waals surface area contributed by atoms with Gasteiger partial charge in [-0.3, -0.25) is 34.0 Å². The second kappa shape index (κ2) is 21.9. The van der Waals surface area contributed by atoms with Gasteiger partial charge in [-0.2, -0.15) is 0 Å². The monoisotopic (exact) mass is 1010 g/mol. The molecule has 73 heavy (non-hydrogen) atoms. The fraction of sp³-hybridized carbons (Fsp3) is 0.449. The molecule has 5 amide bonds. The van der Waals surface area contributed by atoms with Gasteiger partial charge in [0.25, 0.3) is 18.3 Å². The number of likely N-dealkylation sites (N-methyl/N-ethyl adjacent to an activating group) is 1. The highest BCUT2D eigenvalue weighted by molar-refractivity contribution is 5.96. The normalized spacial score (nSPS) is 20.6. The number of amides is 5. The summed E-state index contributed by atoms with van der Waals surface area (Å²) in [6, 6.07) is 9.70. The van der Waals surface area contributed by atoms with Gasteiger partial charge < -0.3 is 54.6 Å². The van der Waals surface area contributed by atoms with Crippen LogP contribution in [0.4, 0.5) is 41.6 Å². The Morgan fingerprint density at radius 3 is 2.08 bits per heavy atom. The molecule has 2 fully saturated rings. The van der Waals surface area contributed by atoms with E-state index in [2.05, 4.69) is 36.2 Å². The first-order valence-electron chi connectivity index (χ1n) is 23.9. The highest BCUT2D eigenvalue weighted by atomic mass is 19.1. The summed E-state index contributed by atoms with van der Waals surface area (Å²) in [5, 5.41) is 12.1. The van der Waals surface area contributed by atoms with E-state index >= 15 is 0 Å². The van der Waals surface area contributed by atoms with Crippen molar-refractivity contribution in [1.82, 2.24) is 30.5 Å². The third-order valence-corrected chi connectivity index (χ3v) is 13.1.